The fourth-order valence-electron chi connectivity index (χ4n) is 2.47. The van der Waals surface area contributed by atoms with Crippen LogP contribution in [0.5, 0.6) is 0 Å². The molecule has 2 nitrogen and oxygen atoms in total. The monoisotopic (exact) mass is 242 g/mol. The molecule has 2 rings (SSSR count). The van der Waals surface area contributed by atoms with Crippen molar-refractivity contribution in [2.75, 3.05) is 7.05 Å². The minimum atomic E-state index is 0.538. The molecule has 1 atom stereocenters. The van der Waals surface area contributed by atoms with E-state index in [0.29, 0.717) is 6.04 Å². The highest BCUT2D eigenvalue weighted by molar-refractivity contribution is 5.81. The van der Waals surface area contributed by atoms with Crippen LogP contribution in [0.1, 0.15) is 25.8 Å². The molecule has 0 saturated heterocycles. The van der Waals surface area contributed by atoms with E-state index in [1.807, 2.05) is 12.3 Å². The first-order valence-corrected chi connectivity index (χ1v) is 6.70. The summed E-state index contributed by atoms with van der Waals surface area (Å²) < 4.78 is 0. The van der Waals surface area contributed by atoms with Gasteiger partial charge in [-0.25, -0.2) is 0 Å². The lowest BCUT2D eigenvalue weighted by molar-refractivity contribution is 0.442. The predicted octanol–water partition coefficient (Wildman–Crippen LogP) is 3.41. The van der Waals surface area contributed by atoms with Gasteiger partial charge in [-0.15, -0.1) is 0 Å². The third kappa shape index (κ3) is 3.08. The zero-order chi connectivity index (χ0) is 13.0. The fraction of sp³-hybridized carbons (Fsp3) is 0.438. The van der Waals surface area contributed by atoms with Crippen LogP contribution >= 0.6 is 0 Å². The molecule has 96 valence electrons. The van der Waals surface area contributed by atoms with Gasteiger partial charge in [0.2, 0.25) is 0 Å². The van der Waals surface area contributed by atoms with Gasteiger partial charge in [-0.3, -0.25) is 4.98 Å². The zero-order valence-corrected chi connectivity index (χ0v) is 11.5. The highest BCUT2D eigenvalue weighted by Crippen LogP contribution is 2.19. The van der Waals surface area contributed by atoms with Crippen LogP contribution in [-0.2, 0) is 6.42 Å². The van der Waals surface area contributed by atoms with Crippen molar-refractivity contribution in [1.82, 2.24) is 10.3 Å². The average Bonchev–Trinajstić information content (AvgIpc) is 2.38. The first kappa shape index (κ1) is 13.0. The smallest absolute Gasteiger partial charge is 0.0704 e. The normalized spacial score (nSPS) is 13.1. The molecule has 1 aromatic heterocycles. The highest BCUT2D eigenvalue weighted by atomic mass is 14.9. The molecule has 0 saturated carbocycles. The summed E-state index contributed by atoms with van der Waals surface area (Å²) in [5, 5.41) is 4.71. The Hall–Kier alpha value is -1.41. The highest BCUT2D eigenvalue weighted by Gasteiger charge is 2.11. The first-order chi connectivity index (χ1) is 8.70. The third-order valence-electron chi connectivity index (χ3n) is 3.37. The number of nitrogens with zero attached hydrogens (tertiary/aromatic N) is 1. The first-order valence-electron chi connectivity index (χ1n) is 6.70. The number of fused-ring (bicyclic) bond motifs is 1. The van der Waals surface area contributed by atoms with Crippen LogP contribution in [-0.4, -0.2) is 18.1 Å². The van der Waals surface area contributed by atoms with Gasteiger partial charge >= 0.3 is 0 Å². The quantitative estimate of drug-likeness (QED) is 0.869. The molecule has 0 fully saturated rings. The van der Waals surface area contributed by atoms with Crippen LogP contribution in [0.3, 0.4) is 0 Å². The van der Waals surface area contributed by atoms with Crippen molar-refractivity contribution < 1.29 is 0 Å². The van der Waals surface area contributed by atoms with Gasteiger partial charge in [0, 0.05) is 17.6 Å². The lowest BCUT2D eigenvalue weighted by Gasteiger charge is -2.19. The molecular formula is C16H22N2. The summed E-state index contributed by atoms with van der Waals surface area (Å²) in [5.74, 6) is 0.718. The summed E-state index contributed by atoms with van der Waals surface area (Å²) in [6, 6.07) is 11.1. The zero-order valence-electron chi connectivity index (χ0n) is 11.5. The molecule has 0 spiro atoms. The fourth-order valence-corrected chi connectivity index (χ4v) is 2.47. The van der Waals surface area contributed by atoms with Crippen molar-refractivity contribution in [2.45, 2.75) is 32.7 Å². The van der Waals surface area contributed by atoms with Gasteiger partial charge in [-0.1, -0.05) is 32.0 Å². The van der Waals surface area contributed by atoms with Crippen LogP contribution in [0.2, 0.25) is 0 Å². The Morgan fingerprint density at radius 3 is 2.67 bits per heavy atom. The molecule has 0 aliphatic heterocycles. The van der Waals surface area contributed by atoms with E-state index in [4.69, 9.17) is 0 Å². The summed E-state index contributed by atoms with van der Waals surface area (Å²) >= 11 is 0. The van der Waals surface area contributed by atoms with Crippen LogP contribution < -0.4 is 5.32 Å². The molecule has 1 aromatic carbocycles. The molecule has 18 heavy (non-hydrogen) atoms. The third-order valence-corrected chi connectivity index (χ3v) is 3.37. The number of pyridine rings is 1. The van der Waals surface area contributed by atoms with E-state index in [9.17, 15) is 0 Å². The van der Waals surface area contributed by atoms with Crippen LogP contribution in [0.25, 0.3) is 10.9 Å². The molecule has 0 radical (unpaired) electrons. The molecule has 1 unspecified atom stereocenters. The van der Waals surface area contributed by atoms with Gasteiger partial charge in [-0.2, -0.15) is 0 Å². The second kappa shape index (κ2) is 5.96. The Morgan fingerprint density at radius 1 is 1.17 bits per heavy atom. The minimum absolute atomic E-state index is 0.538. The Bertz CT molecular complexity index is 500. The number of nitrogens with one attached hydrogen (secondary N) is 1. The Kier molecular flexibility index (Phi) is 4.32. The maximum absolute atomic E-state index is 4.42. The lowest BCUT2D eigenvalue weighted by Crippen LogP contribution is -2.29. The Balaban J connectivity index is 2.25. The largest absolute Gasteiger partial charge is 0.317 e. The van der Waals surface area contributed by atoms with Gasteiger partial charge in [0.05, 0.1) is 5.52 Å². The maximum atomic E-state index is 4.42. The molecule has 1 heterocycles. The van der Waals surface area contributed by atoms with Crippen molar-refractivity contribution in [3.05, 3.63) is 42.1 Å². The summed E-state index contributed by atoms with van der Waals surface area (Å²) in [6.45, 7) is 4.55. The Morgan fingerprint density at radius 2 is 1.94 bits per heavy atom. The molecule has 2 aromatic rings. The van der Waals surface area contributed by atoms with Gasteiger partial charge in [-0.05, 0) is 43.5 Å². The number of benzene rings is 1. The standard InChI is InChI=1S/C16H22N2/c1-12(2)10-14(17-3)11-13-8-9-18-16-7-5-4-6-15(13)16/h4-9,12,14,17H,10-11H2,1-3H3. The SMILES string of the molecule is CNC(Cc1ccnc2ccccc12)CC(C)C. The number of aromatic nitrogens is 1. The number of para-hydroxylation sites is 1. The van der Waals surface area contributed by atoms with Crippen molar-refractivity contribution >= 4 is 10.9 Å². The minimum Gasteiger partial charge on any atom is -0.317 e. The number of rotatable bonds is 5. The van der Waals surface area contributed by atoms with E-state index in [-0.39, 0.29) is 0 Å². The summed E-state index contributed by atoms with van der Waals surface area (Å²) in [4.78, 5) is 4.42. The van der Waals surface area contributed by atoms with E-state index in [1.165, 1.54) is 17.4 Å². The summed E-state index contributed by atoms with van der Waals surface area (Å²) in [5.41, 5.74) is 2.48. The van der Waals surface area contributed by atoms with Crippen LogP contribution in [0, 0.1) is 5.92 Å². The van der Waals surface area contributed by atoms with Crippen LogP contribution in [0.15, 0.2) is 36.5 Å². The molecule has 0 aliphatic rings. The van der Waals surface area contributed by atoms with Gasteiger partial charge in [0.1, 0.15) is 0 Å². The van der Waals surface area contributed by atoms with E-state index < -0.39 is 0 Å². The summed E-state index contributed by atoms with van der Waals surface area (Å²) in [7, 11) is 2.05. The van der Waals surface area contributed by atoms with Crippen molar-refractivity contribution in [3.8, 4) is 0 Å². The van der Waals surface area contributed by atoms with Crippen molar-refractivity contribution in [3.63, 3.8) is 0 Å². The Labute approximate surface area is 109 Å². The lowest BCUT2D eigenvalue weighted by atomic mass is 9.96. The summed E-state index contributed by atoms with van der Waals surface area (Å²) in [6.07, 6.45) is 4.19. The number of hydrogen-bond acceptors (Lipinski definition) is 2. The van der Waals surface area contributed by atoms with Crippen molar-refractivity contribution in [1.29, 1.82) is 0 Å². The van der Waals surface area contributed by atoms with E-state index in [0.717, 1.165) is 17.9 Å². The predicted molar refractivity (Wildman–Crippen MR) is 77.7 cm³/mol. The van der Waals surface area contributed by atoms with E-state index in [2.05, 4.69) is 55.5 Å². The second-order valence-corrected chi connectivity index (χ2v) is 5.31. The average molecular weight is 242 g/mol. The van der Waals surface area contributed by atoms with Gasteiger partial charge in [0.25, 0.3) is 0 Å². The molecule has 0 amide bonds. The van der Waals surface area contributed by atoms with Gasteiger partial charge < -0.3 is 5.32 Å². The number of likely N-dealkylation sites (N-methyl/N-ethyl adjacent to an activating group) is 1. The topological polar surface area (TPSA) is 24.9 Å². The second-order valence-electron chi connectivity index (χ2n) is 5.31. The molecule has 1 N–H and O–H groups in total. The molecule has 2 heteroatoms. The van der Waals surface area contributed by atoms with Crippen LogP contribution in [0.4, 0.5) is 0 Å². The molecule has 0 bridgehead atoms. The van der Waals surface area contributed by atoms with E-state index >= 15 is 0 Å². The number of hydrogen-bond donors (Lipinski definition) is 1. The molecule has 0 aliphatic carbocycles. The van der Waals surface area contributed by atoms with E-state index in [1.54, 1.807) is 0 Å². The molecular weight excluding hydrogens is 220 g/mol. The van der Waals surface area contributed by atoms with Crippen molar-refractivity contribution in [2.24, 2.45) is 5.92 Å². The van der Waals surface area contributed by atoms with Gasteiger partial charge in [0.15, 0.2) is 0 Å². The maximum Gasteiger partial charge on any atom is 0.0704 e.